The van der Waals surface area contributed by atoms with Crippen LogP contribution in [0.25, 0.3) is 20.5 Å². The first kappa shape index (κ1) is 24.0. The molecule has 7 heteroatoms. The average Bonchev–Trinajstić information content (AvgIpc) is 3.53. The van der Waals surface area contributed by atoms with E-state index in [0.29, 0.717) is 5.75 Å². The molecule has 186 valence electrons. The van der Waals surface area contributed by atoms with Crippen LogP contribution in [0, 0.1) is 0 Å². The number of anilines is 1. The molecule has 1 aromatic heterocycles. The van der Waals surface area contributed by atoms with E-state index in [0.717, 1.165) is 51.5 Å². The molecule has 1 aliphatic heterocycles. The number of benzene rings is 3. The van der Waals surface area contributed by atoms with E-state index in [4.69, 9.17) is 9.47 Å². The Kier molecular flexibility index (Phi) is 6.74. The summed E-state index contributed by atoms with van der Waals surface area (Å²) in [5.41, 5.74) is 4.56. The quantitative estimate of drug-likeness (QED) is 0.325. The van der Waals surface area contributed by atoms with Crippen LogP contribution in [0.5, 0.6) is 17.2 Å². The Morgan fingerprint density at radius 2 is 1.78 bits per heavy atom. The third-order valence-electron chi connectivity index (χ3n) is 6.54. The number of hydrogen-bond acceptors (Lipinski definition) is 6. The largest absolute Gasteiger partial charge is 0.508 e. The molecule has 0 atom stereocenters. The summed E-state index contributed by atoms with van der Waals surface area (Å²) in [7, 11) is 5.04. The van der Waals surface area contributed by atoms with Gasteiger partial charge in [-0.15, -0.1) is 11.3 Å². The number of amides is 1. The molecule has 0 radical (unpaired) electrons. The highest BCUT2D eigenvalue weighted by molar-refractivity contribution is 7.22. The smallest absolute Gasteiger partial charge is 0.414 e. The second kappa shape index (κ2) is 10.1. The fourth-order valence-electron chi connectivity index (χ4n) is 4.67. The van der Waals surface area contributed by atoms with Crippen molar-refractivity contribution in [3.8, 4) is 27.7 Å². The van der Waals surface area contributed by atoms with Crippen LogP contribution in [0.3, 0.4) is 0 Å². The molecule has 0 aliphatic carbocycles. The lowest BCUT2D eigenvalue weighted by atomic mass is 9.98. The number of hydrogen-bond donors (Lipinski definition) is 1. The summed E-state index contributed by atoms with van der Waals surface area (Å²) in [5, 5.41) is 11.2. The number of thiophene rings is 1. The Morgan fingerprint density at radius 1 is 1.03 bits per heavy atom. The Labute approximate surface area is 215 Å². The highest BCUT2D eigenvalue weighted by Gasteiger charge is 2.19. The van der Waals surface area contributed by atoms with Gasteiger partial charge in [0.2, 0.25) is 0 Å². The fourth-order valence-corrected chi connectivity index (χ4v) is 5.93. The van der Waals surface area contributed by atoms with Gasteiger partial charge in [0, 0.05) is 36.8 Å². The van der Waals surface area contributed by atoms with Crippen molar-refractivity contribution in [2.24, 2.45) is 0 Å². The summed E-state index contributed by atoms with van der Waals surface area (Å²) in [6.07, 6.45) is 2.75. The van der Waals surface area contributed by atoms with Crippen LogP contribution >= 0.6 is 11.3 Å². The SMILES string of the molecule is COc1cc(Cc2c(-c3ccc(OC(=O)N(C)C)cc3)sc3cc(O)ccc23)ccc1N1CCCC1. The van der Waals surface area contributed by atoms with Crippen LogP contribution in [0.4, 0.5) is 10.5 Å². The summed E-state index contributed by atoms with van der Waals surface area (Å²) in [5.74, 6) is 1.66. The standard InChI is InChI=1S/C29H30N2O4S/c1-30(2)29(33)35-22-10-7-20(8-11-22)28-24(23-12-9-21(32)18-27(23)36-28)16-19-6-13-25(26(17-19)34-3)31-14-4-5-15-31/h6-13,17-18,32H,4-5,14-16H2,1-3H3. The summed E-state index contributed by atoms with van der Waals surface area (Å²) in [4.78, 5) is 16.8. The molecule has 5 rings (SSSR count). The van der Waals surface area contributed by atoms with Crippen LogP contribution < -0.4 is 14.4 Å². The number of nitrogens with zero attached hydrogens (tertiary/aromatic N) is 2. The summed E-state index contributed by atoms with van der Waals surface area (Å²) in [6, 6.07) is 19.6. The first-order valence-electron chi connectivity index (χ1n) is 12.1. The zero-order chi connectivity index (χ0) is 25.2. The molecule has 1 amide bonds. The molecular formula is C29H30N2O4S. The molecule has 1 aliphatic rings. The van der Waals surface area contributed by atoms with Crippen molar-refractivity contribution in [2.75, 3.05) is 39.2 Å². The molecule has 1 fully saturated rings. The number of carbonyl (C=O) groups excluding carboxylic acids is 1. The average molecular weight is 503 g/mol. The van der Waals surface area contributed by atoms with Crippen molar-refractivity contribution in [2.45, 2.75) is 19.3 Å². The lowest BCUT2D eigenvalue weighted by Gasteiger charge is -2.21. The van der Waals surface area contributed by atoms with Crippen molar-refractivity contribution in [1.82, 2.24) is 4.90 Å². The van der Waals surface area contributed by atoms with Crippen molar-refractivity contribution < 1.29 is 19.4 Å². The van der Waals surface area contributed by atoms with E-state index in [1.54, 1.807) is 38.6 Å². The molecular weight excluding hydrogens is 472 g/mol. The maximum absolute atomic E-state index is 11.9. The monoisotopic (exact) mass is 502 g/mol. The number of fused-ring (bicyclic) bond motifs is 1. The third-order valence-corrected chi connectivity index (χ3v) is 7.78. The molecule has 0 spiro atoms. The van der Waals surface area contributed by atoms with E-state index in [-0.39, 0.29) is 5.75 Å². The number of phenols is 1. The van der Waals surface area contributed by atoms with Gasteiger partial charge in [-0.1, -0.05) is 6.07 Å². The Bertz CT molecular complexity index is 1390. The topological polar surface area (TPSA) is 62.2 Å². The van der Waals surface area contributed by atoms with Crippen LogP contribution in [0.1, 0.15) is 24.0 Å². The van der Waals surface area contributed by atoms with E-state index in [9.17, 15) is 9.90 Å². The maximum Gasteiger partial charge on any atom is 0.414 e. The van der Waals surface area contributed by atoms with Crippen LogP contribution in [-0.4, -0.2) is 50.4 Å². The molecule has 6 nitrogen and oxygen atoms in total. The Hall–Kier alpha value is -3.71. The predicted octanol–water partition coefficient (Wildman–Crippen LogP) is 6.53. The van der Waals surface area contributed by atoms with Crippen molar-refractivity contribution in [3.05, 3.63) is 71.8 Å². The van der Waals surface area contributed by atoms with E-state index in [2.05, 4.69) is 23.1 Å². The van der Waals surface area contributed by atoms with Gasteiger partial charge in [0.15, 0.2) is 0 Å². The minimum Gasteiger partial charge on any atom is -0.508 e. The summed E-state index contributed by atoms with van der Waals surface area (Å²) < 4.78 is 12.2. The van der Waals surface area contributed by atoms with Gasteiger partial charge in [-0.3, -0.25) is 0 Å². The van der Waals surface area contributed by atoms with E-state index in [1.807, 2.05) is 36.4 Å². The van der Waals surface area contributed by atoms with Gasteiger partial charge in [0.25, 0.3) is 0 Å². The lowest BCUT2D eigenvalue weighted by molar-refractivity contribution is 0.172. The normalized spacial score (nSPS) is 13.2. The van der Waals surface area contributed by atoms with Gasteiger partial charge in [-0.05, 0) is 95.9 Å². The first-order chi connectivity index (χ1) is 17.4. The second-order valence-corrected chi connectivity index (χ2v) is 10.3. The Morgan fingerprint density at radius 3 is 2.47 bits per heavy atom. The highest BCUT2D eigenvalue weighted by Crippen LogP contribution is 2.42. The first-order valence-corrected chi connectivity index (χ1v) is 12.9. The molecule has 0 bridgehead atoms. The molecule has 1 N–H and O–H groups in total. The Balaban J connectivity index is 1.51. The van der Waals surface area contributed by atoms with E-state index >= 15 is 0 Å². The number of phenolic OH excluding ortho intramolecular Hbond substituents is 1. The molecule has 2 heterocycles. The van der Waals surface area contributed by atoms with Crippen molar-refractivity contribution in [3.63, 3.8) is 0 Å². The molecule has 4 aromatic rings. The van der Waals surface area contributed by atoms with Crippen LogP contribution in [0.15, 0.2) is 60.7 Å². The second-order valence-electron chi connectivity index (χ2n) is 9.25. The highest BCUT2D eigenvalue weighted by atomic mass is 32.1. The number of ether oxygens (including phenoxy) is 2. The third kappa shape index (κ3) is 4.84. The van der Waals surface area contributed by atoms with Gasteiger partial charge >= 0.3 is 6.09 Å². The van der Waals surface area contributed by atoms with Gasteiger partial charge in [0.1, 0.15) is 17.2 Å². The summed E-state index contributed by atoms with van der Waals surface area (Å²) >= 11 is 1.65. The van der Waals surface area contributed by atoms with Crippen molar-refractivity contribution >= 4 is 33.2 Å². The van der Waals surface area contributed by atoms with Crippen LogP contribution in [-0.2, 0) is 6.42 Å². The molecule has 3 aromatic carbocycles. The number of methoxy groups -OCH3 is 1. The minimum absolute atomic E-state index is 0.254. The fraction of sp³-hybridized carbons (Fsp3) is 0.276. The number of carbonyl (C=O) groups is 1. The molecule has 36 heavy (non-hydrogen) atoms. The molecule has 0 unspecified atom stereocenters. The van der Waals surface area contributed by atoms with Gasteiger partial charge in [-0.25, -0.2) is 4.79 Å². The van der Waals surface area contributed by atoms with Gasteiger partial charge in [0.05, 0.1) is 12.8 Å². The number of aromatic hydroxyl groups is 1. The zero-order valence-corrected chi connectivity index (χ0v) is 21.6. The van der Waals surface area contributed by atoms with Gasteiger partial charge < -0.3 is 24.4 Å². The predicted molar refractivity (Wildman–Crippen MR) is 146 cm³/mol. The zero-order valence-electron chi connectivity index (χ0n) is 20.8. The summed E-state index contributed by atoms with van der Waals surface area (Å²) in [6.45, 7) is 2.14. The molecule has 0 saturated carbocycles. The van der Waals surface area contributed by atoms with Gasteiger partial charge in [-0.2, -0.15) is 0 Å². The van der Waals surface area contributed by atoms with E-state index in [1.165, 1.54) is 28.9 Å². The van der Waals surface area contributed by atoms with Crippen molar-refractivity contribution in [1.29, 1.82) is 0 Å². The minimum atomic E-state index is -0.410. The number of rotatable bonds is 6. The molecule has 1 saturated heterocycles. The van der Waals surface area contributed by atoms with E-state index < -0.39 is 6.09 Å². The van der Waals surface area contributed by atoms with Crippen LogP contribution in [0.2, 0.25) is 0 Å². The lowest BCUT2D eigenvalue weighted by Crippen LogP contribution is -2.25. The maximum atomic E-state index is 11.9.